The molecule has 0 spiro atoms. The fraction of sp³-hybridized carbons (Fsp3) is 0.0909. The van der Waals surface area contributed by atoms with Crippen molar-refractivity contribution in [3.63, 3.8) is 0 Å². The summed E-state index contributed by atoms with van der Waals surface area (Å²) in [6.45, 7) is 0. The van der Waals surface area contributed by atoms with Crippen LogP contribution in [0.25, 0.3) is 10.9 Å². The number of fused-ring (bicyclic) bond motifs is 1. The Kier molecular flexibility index (Phi) is 2.44. The summed E-state index contributed by atoms with van der Waals surface area (Å²) in [5.41, 5.74) is 0.760. The summed E-state index contributed by atoms with van der Waals surface area (Å²) < 4.78 is 2.61. The van der Waals surface area contributed by atoms with E-state index in [0.29, 0.717) is 11.7 Å². The smallest absolute Gasteiger partial charge is 0.199 e. The first kappa shape index (κ1) is 10.1. The van der Waals surface area contributed by atoms with Crippen molar-refractivity contribution in [3.05, 3.63) is 44.7 Å². The number of para-hydroxylation sites is 1. The van der Waals surface area contributed by atoms with Crippen molar-refractivity contribution in [2.24, 2.45) is 7.05 Å². The van der Waals surface area contributed by atoms with Crippen molar-refractivity contribution in [2.75, 3.05) is 0 Å². The molecule has 0 fully saturated rings. The largest absolute Gasteiger partial charge is 0.349 e. The fourth-order valence-electron chi connectivity index (χ4n) is 1.63. The highest BCUT2D eigenvalue weighted by Gasteiger charge is 2.08. The van der Waals surface area contributed by atoms with Gasteiger partial charge in [-0.2, -0.15) is 0 Å². The number of carbonyl (C=O) groups excluding carboxylic acids is 1. The van der Waals surface area contributed by atoms with Gasteiger partial charge in [0.2, 0.25) is 0 Å². The highest BCUT2D eigenvalue weighted by molar-refractivity contribution is 9.10. The Morgan fingerprint density at radius 3 is 2.80 bits per heavy atom. The molecule has 0 radical (unpaired) electrons. The maximum atomic E-state index is 11.8. The van der Waals surface area contributed by atoms with Crippen LogP contribution in [0, 0.1) is 0 Å². The number of benzene rings is 1. The van der Waals surface area contributed by atoms with E-state index in [1.54, 1.807) is 29.9 Å². The molecule has 0 aliphatic rings. The van der Waals surface area contributed by atoms with Crippen molar-refractivity contribution in [3.8, 4) is 0 Å². The lowest BCUT2D eigenvalue weighted by Crippen LogP contribution is -2.12. The second kappa shape index (κ2) is 3.62. The predicted octanol–water partition coefficient (Wildman–Crippen LogP) is 2.11. The van der Waals surface area contributed by atoms with Gasteiger partial charge in [-0.3, -0.25) is 9.59 Å². The summed E-state index contributed by atoms with van der Waals surface area (Å²) in [6.07, 6.45) is 2.13. The minimum atomic E-state index is -0.223. The zero-order valence-electron chi connectivity index (χ0n) is 8.03. The molecule has 0 unspecified atom stereocenters. The van der Waals surface area contributed by atoms with Crippen LogP contribution in [0.3, 0.4) is 0 Å². The van der Waals surface area contributed by atoms with Gasteiger partial charge in [0.1, 0.15) is 0 Å². The van der Waals surface area contributed by atoms with Gasteiger partial charge < -0.3 is 4.57 Å². The molecular weight excluding hydrogens is 258 g/mol. The van der Waals surface area contributed by atoms with E-state index in [-0.39, 0.29) is 11.0 Å². The van der Waals surface area contributed by atoms with Crippen LogP contribution in [-0.2, 0) is 7.05 Å². The first-order valence-electron chi connectivity index (χ1n) is 4.38. The quantitative estimate of drug-likeness (QED) is 0.741. The molecule has 3 nitrogen and oxygen atoms in total. The number of aldehydes is 1. The number of rotatable bonds is 1. The summed E-state index contributed by atoms with van der Waals surface area (Å²) in [5, 5.41) is 0.552. The molecule has 0 atom stereocenters. The van der Waals surface area contributed by atoms with Crippen LogP contribution < -0.4 is 5.43 Å². The summed E-state index contributed by atoms with van der Waals surface area (Å²) in [4.78, 5) is 22.5. The highest BCUT2D eigenvalue weighted by atomic mass is 79.9. The summed E-state index contributed by atoms with van der Waals surface area (Å²) in [5.74, 6) is 0. The van der Waals surface area contributed by atoms with E-state index >= 15 is 0 Å². The zero-order valence-corrected chi connectivity index (χ0v) is 9.61. The van der Waals surface area contributed by atoms with Crippen LogP contribution in [0.2, 0.25) is 0 Å². The van der Waals surface area contributed by atoms with Gasteiger partial charge in [0.25, 0.3) is 0 Å². The normalized spacial score (nSPS) is 10.5. The Morgan fingerprint density at radius 2 is 2.13 bits per heavy atom. The van der Waals surface area contributed by atoms with Crippen molar-refractivity contribution in [1.82, 2.24) is 4.57 Å². The molecular formula is C11H8BrNO2. The van der Waals surface area contributed by atoms with Crippen LogP contribution in [-0.4, -0.2) is 10.9 Å². The first-order chi connectivity index (χ1) is 7.15. The number of pyridine rings is 1. The molecule has 0 amide bonds. The number of nitrogens with zero attached hydrogens (tertiary/aromatic N) is 1. The maximum absolute atomic E-state index is 11.8. The van der Waals surface area contributed by atoms with Crippen molar-refractivity contribution in [2.45, 2.75) is 0 Å². The maximum Gasteiger partial charge on any atom is 0.199 e. The Labute approximate surface area is 94.5 Å². The molecule has 15 heavy (non-hydrogen) atoms. The molecule has 2 rings (SSSR count). The molecule has 0 N–H and O–H groups in total. The van der Waals surface area contributed by atoms with Crippen LogP contribution >= 0.6 is 15.9 Å². The standard InChI is InChI=1S/C11H8BrNO2/c1-13-5-7(6-14)11(15)8-3-2-4-9(12)10(8)13/h2-6H,1H3. The van der Waals surface area contributed by atoms with Crippen molar-refractivity contribution < 1.29 is 4.79 Å². The minimum Gasteiger partial charge on any atom is -0.349 e. The van der Waals surface area contributed by atoms with Gasteiger partial charge in [-0.1, -0.05) is 6.07 Å². The van der Waals surface area contributed by atoms with Gasteiger partial charge in [0.15, 0.2) is 11.7 Å². The second-order valence-corrected chi connectivity index (χ2v) is 4.13. The Morgan fingerprint density at radius 1 is 1.40 bits per heavy atom. The molecule has 4 heteroatoms. The van der Waals surface area contributed by atoms with E-state index in [0.717, 1.165) is 9.99 Å². The van der Waals surface area contributed by atoms with Gasteiger partial charge in [-0.25, -0.2) is 0 Å². The third-order valence-corrected chi connectivity index (χ3v) is 2.95. The Balaban J connectivity index is 3.06. The van der Waals surface area contributed by atoms with E-state index in [1.807, 2.05) is 6.07 Å². The highest BCUT2D eigenvalue weighted by Crippen LogP contribution is 2.20. The van der Waals surface area contributed by atoms with Crippen LogP contribution in [0.15, 0.2) is 33.7 Å². The number of hydrogen-bond acceptors (Lipinski definition) is 2. The third kappa shape index (κ3) is 1.51. The van der Waals surface area contributed by atoms with Crippen molar-refractivity contribution in [1.29, 1.82) is 0 Å². The molecule has 1 aromatic heterocycles. The zero-order chi connectivity index (χ0) is 11.0. The van der Waals surface area contributed by atoms with E-state index in [4.69, 9.17) is 0 Å². The molecule has 0 bridgehead atoms. The van der Waals surface area contributed by atoms with E-state index in [1.165, 1.54) is 0 Å². The molecule has 0 aliphatic carbocycles. The lowest BCUT2D eigenvalue weighted by atomic mass is 10.1. The van der Waals surface area contributed by atoms with Crippen LogP contribution in [0.1, 0.15) is 10.4 Å². The summed E-state index contributed by atoms with van der Waals surface area (Å²) >= 11 is 3.38. The van der Waals surface area contributed by atoms with Gasteiger partial charge in [-0.05, 0) is 28.1 Å². The van der Waals surface area contributed by atoms with Gasteiger partial charge in [0, 0.05) is 23.1 Å². The number of aromatic nitrogens is 1. The average molecular weight is 266 g/mol. The predicted molar refractivity (Wildman–Crippen MR) is 62.3 cm³/mol. The van der Waals surface area contributed by atoms with Crippen molar-refractivity contribution >= 4 is 33.1 Å². The molecule has 1 heterocycles. The number of halogens is 1. The molecule has 76 valence electrons. The summed E-state index contributed by atoms with van der Waals surface area (Å²) in [7, 11) is 1.81. The van der Waals surface area contributed by atoms with Crippen LogP contribution in [0.5, 0.6) is 0 Å². The molecule has 2 aromatic rings. The van der Waals surface area contributed by atoms with Gasteiger partial charge in [-0.15, -0.1) is 0 Å². The topological polar surface area (TPSA) is 39.1 Å². The van der Waals surface area contributed by atoms with Crippen LogP contribution in [0.4, 0.5) is 0 Å². The fourth-order valence-corrected chi connectivity index (χ4v) is 2.27. The second-order valence-electron chi connectivity index (χ2n) is 3.28. The van der Waals surface area contributed by atoms with E-state index in [2.05, 4.69) is 15.9 Å². The molecule has 0 saturated carbocycles. The molecule has 0 saturated heterocycles. The number of hydrogen-bond donors (Lipinski definition) is 0. The third-order valence-electron chi connectivity index (χ3n) is 2.31. The molecule has 1 aromatic carbocycles. The number of carbonyl (C=O) groups is 1. The first-order valence-corrected chi connectivity index (χ1v) is 5.17. The lowest BCUT2D eigenvalue weighted by molar-refractivity contribution is 0.112. The lowest BCUT2D eigenvalue weighted by Gasteiger charge is -2.07. The van der Waals surface area contributed by atoms with Gasteiger partial charge in [0.05, 0.1) is 11.1 Å². The monoisotopic (exact) mass is 265 g/mol. The number of aryl methyl sites for hydroxylation is 1. The van der Waals surface area contributed by atoms with Gasteiger partial charge >= 0.3 is 0 Å². The van der Waals surface area contributed by atoms with E-state index < -0.39 is 0 Å². The summed E-state index contributed by atoms with van der Waals surface area (Å²) in [6, 6.07) is 5.36. The minimum absolute atomic E-state index is 0.183. The van der Waals surface area contributed by atoms with E-state index in [9.17, 15) is 9.59 Å². The Bertz CT molecular complexity index is 601. The Hall–Kier alpha value is -1.42. The SMILES string of the molecule is Cn1cc(C=O)c(=O)c2cccc(Br)c21. The molecule has 0 aliphatic heterocycles. The average Bonchev–Trinajstić information content (AvgIpc) is 2.23.